The highest BCUT2D eigenvalue weighted by molar-refractivity contribution is 7.79. The number of likely N-dealkylation sites (tertiary alicyclic amines) is 1. The van der Waals surface area contributed by atoms with E-state index in [-0.39, 0.29) is 50.6 Å². The lowest BCUT2D eigenvalue weighted by atomic mass is 9.73. The number of fused-ring (bicyclic) bond motifs is 1. The van der Waals surface area contributed by atoms with Crippen LogP contribution in [-0.2, 0) is 11.2 Å². The lowest BCUT2D eigenvalue weighted by Gasteiger charge is -2.43. The number of nitrogens with two attached hydrogens (primary N) is 1. The highest BCUT2D eigenvalue weighted by Crippen LogP contribution is 2.49. The molecule has 4 N–H and O–H groups in total. The Kier molecular flexibility index (Phi) is 19.6. The summed E-state index contributed by atoms with van der Waals surface area (Å²) in [6.07, 6.45) is -6.75. The van der Waals surface area contributed by atoms with Gasteiger partial charge in [-0.05, 0) is 80.6 Å². The van der Waals surface area contributed by atoms with Crippen LogP contribution >= 0.6 is 12.6 Å². The molecule has 0 aromatic heterocycles. The molecular weight excluding hydrogens is 617 g/mol. The molecule has 0 saturated carbocycles. The molecule has 13 heteroatoms. The van der Waals surface area contributed by atoms with Crippen LogP contribution in [0, 0.1) is 10.8 Å². The summed E-state index contributed by atoms with van der Waals surface area (Å²) in [5.41, 5.74) is 5.08. The van der Waals surface area contributed by atoms with Gasteiger partial charge in [-0.2, -0.15) is 39.0 Å². The smallest absolute Gasteiger partial charge is 0.401 e. The number of alkyl halides is 6. The standard InChI is InChI=1S/C20H20BF6N.C7H16O.C3H4O.CH3NO.CH4S/c21-17-6-2-4-15-14(3-1-5-16(15)17)7-8-18(20(25,26)27)9-11-28(12-10-18)13-19(22,23)24;1-6(2,3)7(4,5)8;1-2-3-4;2-1-3;1-2/h1-6H,7-13H2;8H,1-5H3;3-4H,1H2;1H,(H2,2,3);2H,1H3. The van der Waals surface area contributed by atoms with Crippen LogP contribution in [0.15, 0.2) is 55.0 Å². The second kappa shape index (κ2) is 19.8. The molecule has 3 rings (SSSR count). The number of carbonyl (C=O) groups is 1. The first-order valence-electron chi connectivity index (χ1n) is 14.0. The lowest BCUT2D eigenvalue weighted by Crippen LogP contribution is -2.50. The Bertz CT molecular complexity index is 1170. The predicted octanol–water partition coefficient (Wildman–Crippen LogP) is 7.07. The van der Waals surface area contributed by atoms with Crippen molar-refractivity contribution in [3.8, 4) is 0 Å². The number of aryl methyl sites for hydroxylation is 1. The maximum Gasteiger partial charge on any atom is 0.401 e. The Balaban J connectivity index is 0. The van der Waals surface area contributed by atoms with Gasteiger partial charge < -0.3 is 15.9 Å². The van der Waals surface area contributed by atoms with Crippen LogP contribution in [0.1, 0.15) is 59.4 Å². The summed E-state index contributed by atoms with van der Waals surface area (Å²) in [4.78, 5) is 9.64. The van der Waals surface area contributed by atoms with Gasteiger partial charge >= 0.3 is 12.4 Å². The second-order valence-corrected chi connectivity index (χ2v) is 11.8. The number of rotatable bonds is 4. The van der Waals surface area contributed by atoms with E-state index in [1.807, 2.05) is 46.8 Å². The molecule has 1 heterocycles. The molecule has 0 bridgehead atoms. The average molecular weight is 665 g/mol. The topological polar surface area (TPSA) is 86.8 Å². The zero-order valence-electron chi connectivity index (χ0n) is 26.9. The molecule has 1 aliphatic heterocycles. The fourth-order valence-electron chi connectivity index (χ4n) is 4.06. The fraction of sp³-hybridized carbons (Fsp3) is 0.562. The van der Waals surface area contributed by atoms with E-state index in [0.717, 1.165) is 27.5 Å². The molecule has 2 radical (unpaired) electrons. The van der Waals surface area contributed by atoms with Gasteiger partial charge in [0.05, 0.1) is 17.6 Å². The number of aliphatic hydroxyl groups is 2. The van der Waals surface area contributed by atoms with E-state index >= 15 is 0 Å². The molecule has 1 amide bonds. The van der Waals surface area contributed by atoms with Gasteiger partial charge in [0.1, 0.15) is 14.1 Å². The van der Waals surface area contributed by atoms with Crippen LogP contribution in [0.3, 0.4) is 0 Å². The Morgan fingerprint density at radius 3 is 1.80 bits per heavy atom. The Hall–Kier alpha value is -2.60. The molecule has 1 saturated heterocycles. The molecule has 5 nitrogen and oxygen atoms in total. The lowest BCUT2D eigenvalue weighted by molar-refractivity contribution is -0.243. The van der Waals surface area contributed by atoms with E-state index in [4.69, 9.17) is 17.7 Å². The van der Waals surface area contributed by atoms with E-state index in [2.05, 4.69) is 30.7 Å². The van der Waals surface area contributed by atoms with E-state index < -0.39 is 29.9 Å². The van der Waals surface area contributed by atoms with Crippen LogP contribution in [0.4, 0.5) is 26.3 Å². The van der Waals surface area contributed by atoms with E-state index in [1.165, 1.54) is 0 Å². The zero-order chi connectivity index (χ0) is 35.7. The van der Waals surface area contributed by atoms with Crippen LogP contribution in [-0.4, -0.2) is 73.2 Å². The number of hydrogen-bond acceptors (Lipinski definition) is 5. The van der Waals surface area contributed by atoms with Gasteiger partial charge in [-0.1, -0.05) is 74.9 Å². The van der Waals surface area contributed by atoms with Gasteiger partial charge in [0.25, 0.3) is 0 Å². The molecule has 2 aromatic carbocycles. The minimum Gasteiger partial charge on any atom is -0.507 e. The molecular formula is C32H47BF6N2O3S. The SMILES string of the molecule is C=C=CO.CC(C)(C)C(C)(C)O.CS.NC=O.[B]c1cccc2c(CCC3(C(F)(F)F)CCN(CC(F)(F)F)CC3)cccc12. The quantitative estimate of drug-likeness (QED) is 0.0704. The van der Waals surface area contributed by atoms with Crippen molar-refractivity contribution < 1.29 is 41.4 Å². The van der Waals surface area contributed by atoms with Gasteiger partial charge in [-0.15, -0.1) is 0 Å². The third-order valence-corrected chi connectivity index (χ3v) is 7.66. The van der Waals surface area contributed by atoms with Crippen molar-refractivity contribution in [2.24, 2.45) is 16.6 Å². The first-order chi connectivity index (χ1) is 20.6. The Morgan fingerprint density at radius 1 is 1.00 bits per heavy atom. The summed E-state index contributed by atoms with van der Waals surface area (Å²) in [6.45, 7) is 11.2. The molecule has 0 aliphatic carbocycles. The maximum absolute atomic E-state index is 13.9. The molecule has 0 spiro atoms. The summed E-state index contributed by atoms with van der Waals surface area (Å²) >= 11 is 3.53. The van der Waals surface area contributed by atoms with Gasteiger partial charge in [0.2, 0.25) is 6.41 Å². The third kappa shape index (κ3) is 16.0. The van der Waals surface area contributed by atoms with Gasteiger partial charge in [-0.3, -0.25) is 9.69 Å². The van der Waals surface area contributed by atoms with E-state index in [9.17, 15) is 31.4 Å². The summed E-state index contributed by atoms with van der Waals surface area (Å²) in [7, 11) is 5.95. The van der Waals surface area contributed by atoms with Crippen molar-refractivity contribution in [2.45, 2.75) is 78.3 Å². The average Bonchev–Trinajstić information content (AvgIpc) is 2.92. The normalized spacial score (nSPS) is 14.8. The van der Waals surface area contributed by atoms with Crippen molar-refractivity contribution in [2.75, 3.05) is 25.9 Å². The highest BCUT2D eigenvalue weighted by atomic mass is 32.1. The minimum atomic E-state index is -4.46. The Labute approximate surface area is 270 Å². The fourth-order valence-corrected chi connectivity index (χ4v) is 4.06. The summed E-state index contributed by atoms with van der Waals surface area (Å²) < 4.78 is 79.3. The molecule has 0 atom stereocenters. The van der Waals surface area contributed by atoms with Gasteiger partial charge in [0, 0.05) is 0 Å². The summed E-state index contributed by atoms with van der Waals surface area (Å²) in [6, 6.07) is 10.7. The van der Waals surface area contributed by atoms with Crippen molar-refractivity contribution in [3.05, 3.63) is 60.5 Å². The number of halogens is 6. The zero-order valence-corrected chi connectivity index (χ0v) is 27.8. The molecule has 45 heavy (non-hydrogen) atoms. The minimum absolute atomic E-state index is 0.00694. The van der Waals surface area contributed by atoms with E-state index in [0.29, 0.717) is 5.46 Å². The molecule has 2 aromatic rings. The third-order valence-electron chi connectivity index (χ3n) is 7.66. The van der Waals surface area contributed by atoms with E-state index in [1.54, 1.807) is 30.5 Å². The first kappa shape index (κ1) is 44.5. The second-order valence-electron chi connectivity index (χ2n) is 11.8. The largest absolute Gasteiger partial charge is 0.507 e. The number of thiol groups is 1. The number of primary amides is 1. The first-order valence-corrected chi connectivity index (χ1v) is 14.9. The van der Waals surface area contributed by atoms with Crippen molar-refractivity contribution >= 4 is 43.1 Å². The number of benzene rings is 2. The molecule has 1 fully saturated rings. The summed E-state index contributed by atoms with van der Waals surface area (Å²) in [5, 5.41) is 18.5. The van der Waals surface area contributed by atoms with Crippen molar-refractivity contribution in [3.63, 3.8) is 0 Å². The van der Waals surface area contributed by atoms with Gasteiger partial charge in [0.15, 0.2) is 0 Å². The maximum atomic E-state index is 13.9. The predicted molar refractivity (Wildman–Crippen MR) is 175 cm³/mol. The number of hydrogen-bond donors (Lipinski definition) is 4. The van der Waals surface area contributed by atoms with Gasteiger partial charge in [-0.25, -0.2) is 0 Å². The van der Waals surface area contributed by atoms with Crippen LogP contribution < -0.4 is 11.2 Å². The van der Waals surface area contributed by atoms with Crippen LogP contribution in [0.25, 0.3) is 10.8 Å². The Morgan fingerprint density at radius 2 is 1.42 bits per heavy atom. The summed E-state index contributed by atoms with van der Waals surface area (Å²) in [5.74, 6) is 0. The number of carbonyl (C=O) groups excluding carboxylic acids is 1. The molecule has 0 unspecified atom stereocenters. The monoisotopic (exact) mass is 664 g/mol. The van der Waals surface area contributed by atoms with Crippen LogP contribution in [0.5, 0.6) is 0 Å². The number of piperidine rings is 1. The van der Waals surface area contributed by atoms with Crippen LogP contribution in [0.2, 0.25) is 0 Å². The number of amides is 1. The van der Waals surface area contributed by atoms with Crippen molar-refractivity contribution in [1.82, 2.24) is 4.90 Å². The highest BCUT2D eigenvalue weighted by Gasteiger charge is 2.55. The van der Waals surface area contributed by atoms with Crippen molar-refractivity contribution in [1.29, 1.82) is 0 Å². The number of aliphatic hydroxyl groups excluding tert-OH is 1. The molecule has 254 valence electrons. The number of nitrogens with zero attached hydrogens (tertiary/aromatic N) is 1. The molecule has 1 aliphatic rings.